The van der Waals surface area contributed by atoms with Crippen molar-refractivity contribution in [1.29, 1.82) is 0 Å². The molecule has 0 aromatic heterocycles. The van der Waals surface area contributed by atoms with E-state index in [0.717, 1.165) is 0 Å². The molecule has 0 aliphatic carbocycles. The van der Waals surface area contributed by atoms with Crippen LogP contribution in [0.5, 0.6) is 0 Å². The Morgan fingerprint density at radius 3 is 2.00 bits per heavy atom. The van der Waals surface area contributed by atoms with Gasteiger partial charge in [0.05, 0.1) is 0 Å². The van der Waals surface area contributed by atoms with E-state index in [1.165, 1.54) is 0 Å². The second-order valence-corrected chi connectivity index (χ2v) is 1.79. The fourth-order valence-electron chi connectivity index (χ4n) is 0.330. The van der Waals surface area contributed by atoms with Crippen molar-refractivity contribution in [3.8, 4) is 0 Å². The van der Waals surface area contributed by atoms with Crippen LogP contribution in [-0.2, 0) is 9.59 Å². The molecule has 0 spiro atoms. The van der Waals surface area contributed by atoms with E-state index in [9.17, 15) is 27.2 Å². The maximum absolute atomic E-state index is 11.9. The summed E-state index contributed by atoms with van der Waals surface area (Å²) in [5.41, 5.74) is 0. The highest BCUT2D eigenvalue weighted by atomic mass is 19.3. The van der Waals surface area contributed by atoms with Crippen LogP contribution in [0.15, 0.2) is 0 Å². The second-order valence-electron chi connectivity index (χ2n) is 1.79. The van der Waals surface area contributed by atoms with Crippen LogP contribution < -0.4 is 0 Å². The number of halogens is 4. The van der Waals surface area contributed by atoms with E-state index in [4.69, 9.17) is 0 Å². The van der Waals surface area contributed by atoms with Gasteiger partial charge >= 0.3 is 12.0 Å². The number of rotatable bonds is 4. The summed E-state index contributed by atoms with van der Waals surface area (Å²) in [6.07, 6.45) is -1.57. The Hall–Kier alpha value is -0.940. The van der Waals surface area contributed by atoms with Gasteiger partial charge in [0.25, 0.3) is 0 Å². The minimum Gasteiger partial charge on any atom is -0.292 e. The lowest BCUT2D eigenvalue weighted by Crippen LogP contribution is -2.31. The van der Waals surface area contributed by atoms with Crippen LogP contribution in [0.2, 0.25) is 0 Å². The quantitative estimate of drug-likeness (QED) is 0.360. The van der Waals surface area contributed by atoms with Crippen molar-refractivity contribution in [1.82, 2.24) is 0 Å². The van der Waals surface area contributed by atoms with Gasteiger partial charge in [0.15, 0.2) is 6.67 Å². The van der Waals surface area contributed by atoms with Crippen molar-refractivity contribution in [3.63, 3.8) is 0 Å². The van der Waals surface area contributed by atoms with Crippen molar-refractivity contribution < 1.29 is 27.2 Å². The Morgan fingerprint density at radius 1 is 1.27 bits per heavy atom. The molecule has 0 aliphatic rings. The highest BCUT2D eigenvalue weighted by Crippen LogP contribution is 2.17. The first-order valence-corrected chi connectivity index (χ1v) is 2.55. The van der Waals surface area contributed by atoms with Gasteiger partial charge in [-0.25, -0.2) is 4.39 Å². The lowest BCUT2D eigenvalue weighted by Gasteiger charge is -2.07. The van der Waals surface area contributed by atoms with Crippen LogP contribution in [0, 0.1) is 0 Å². The monoisotopic (exact) mass is 172 g/mol. The fraction of sp³-hybridized carbons (Fsp3) is 0.600. The molecular formula is C5H4F4O2. The van der Waals surface area contributed by atoms with E-state index in [2.05, 4.69) is 0 Å². The van der Waals surface area contributed by atoms with Crippen molar-refractivity contribution in [2.45, 2.75) is 12.3 Å². The lowest BCUT2D eigenvalue weighted by molar-refractivity contribution is -0.149. The normalized spacial score (nSPS) is 11.3. The van der Waals surface area contributed by atoms with E-state index in [-0.39, 0.29) is 0 Å². The van der Waals surface area contributed by atoms with E-state index in [1.807, 2.05) is 0 Å². The van der Waals surface area contributed by atoms with Gasteiger partial charge in [-0.1, -0.05) is 0 Å². The maximum Gasteiger partial charge on any atom is 0.333 e. The van der Waals surface area contributed by atoms with E-state index in [0.29, 0.717) is 0 Å². The number of carbonyl (C=O) groups is 2. The van der Waals surface area contributed by atoms with Crippen molar-refractivity contribution >= 4 is 11.8 Å². The third-order valence-corrected chi connectivity index (χ3v) is 0.875. The van der Waals surface area contributed by atoms with Crippen LogP contribution in [-0.4, -0.2) is 24.4 Å². The molecule has 0 unspecified atom stereocenters. The molecule has 0 bridgehead atoms. The Balaban J connectivity index is 4.13. The second kappa shape index (κ2) is 3.45. The molecule has 11 heavy (non-hydrogen) atoms. The number of carbonyl (C=O) groups excluding carboxylic acids is 2. The Kier molecular flexibility index (Phi) is 3.16. The smallest absolute Gasteiger partial charge is 0.292 e. The van der Waals surface area contributed by atoms with Crippen molar-refractivity contribution in [2.75, 3.05) is 6.67 Å². The van der Waals surface area contributed by atoms with Gasteiger partial charge in [-0.05, 0) is 0 Å². The average molecular weight is 172 g/mol. The Labute approximate surface area is 59.2 Å². The van der Waals surface area contributed by atoms with E-state index >= 15 is 0 Å². The first kappa shape index (κ1) is 10.1. The van der Waals surface area contributed by atoms with Crippen LogP contribution in [0.25, 0.3) is 0 Å². The third-order valence-electron chi connectivity index (χ3n) is 0.875. The summed E-state index contributed by atoms with van der Waals surface area (Å²) in [4.78, 5) is 19.5. The standard InChI is InChI=1S/C5H4F4O2/c6-2-5(8,9)3(10)1-4(7)11/h1-2H2. The summed E-state index contributed by atoms with van der Waals surface area (Å²) < 4.78 is 46.3. The fourth-order valence-corrected chi connectivity index (χ4v) is 0.330. The minimum atomic E-state index is -4.23. The summed E-state index contributed by atoms with van der Waals surface area (Å²) in [7, 11) is 0. The van der Waals surface area contributed by atoms with Crippen LogP contribution in [0.3, 0.4) is 0 Å². The molecule has 0 saturated heterocycles. The number of ketones is 1. The van der Waals surface area contributed by atoms with Crippen LogP contribution >= 0.6 is 0 Å². The van der Waals surface area contributed by atoms with Crippen molar-refractivity contribution in [3.05, 3.63) is 0 Å². The molecule has 0 radical (unpaired) electrons. The molecule has 2 nitrogen and oxygen atoms in total. The highest BCUT2D eigenvalue weighted by Gasteiger charge is 2.39. The predicted molar refractivity (Wildman–Crippen MR) is 26.7 cm³/mol. The van der Waals surface area contributed by atoms with Crippen LogP contribution in [0.4, 0.5) is 17.6 Å². The first-order valence-electron chi connectivity index (χ1n) is 2.55. The molecule has 0 aliphatic heterocycles. The molecule has 6 heteroatoms. The number of hydrogen-bond acceptors (Lipinski definition) is 2. The van der Waals surface area contributed by atoms with Gasteiger partial charge in [0.1, 0.15) is 6.42 Å². The zero-order chi connectivity index (χ0) is 9.07. The molecule has 0 atom stereocenters. The molecule has 0 heterocycles. The van der Waals surface area contributed by atoms with Gasteiger partial charge in [-0.15, -0.1) is 0 Å². The summed E-state index contributed by atoms with van der Waals surface area (Å²) in [6.45, 7) is -2.21. The summed E-state index contributed by atoms with van der Waals surface area (Å²) >= 11 is 0. The third kappa shape index (κ3) is 3.10. The first-order chi connectivity index (χ1) is 4.90. The largest absolute Gasteiger partial charge is 0.333 e. The van der Waals surface area contributed by atoms with Gasteiger partial charge in [0, 0.05) is 0 Å². The Morgan fingerprint density at radius 2 is 1.73 bits per heavy atom. The SMILES string of the molecule is O=C(F)CC(=O)C(F)(F)CF. The molecule has 0 fully saturated rings. The van der Waals surface area contributed by atoms with E-state index in [1.54, 1.807) is 0 Å². The van der Waals surface area contributed by atoms with Crippen molar-refractivity contribution in [2.24, 2.45) is 0 Å². The molecule has 0 aromatic carbocycles. The summed E-state index contributed by atoms with van der Waals surface area (Å²) in [6, 6.07) is -2.19. The maximum atomic E-state index is 11.9. The average Bonchev–Trinajstić information content (AvgIpc) is 1.86. The molecule has 0 aromatic rings. The van der Waals surface area contributed by atoms with Gasteiger partial charge in [0.2, 0.25) is 5.78 Å². The zero-order valence-corrected chi connectivity index (χ0v) is 5.24. The number of Topliss-reactive ketones (excluding diaryl/α,β-unsaturated/α-hetero) is 1. The number of alkyl halides is 3. The minimum absolute atomic E-state index is 1.57. The van der Waals surface area contributed by atoms with Gasteiger partial charge in [-0.2, -0.15) is 13.2 Å². The molecule has 0 N–H and O–H groups in total. The highest BCUT2D eigenvalue weighted by molar-refractivity contribution is 5.99. The summed E-state index contributed by atoms with van der Waals surface area (Å²) in [5, 5.41) is 0. The van der Waals surface area contributed by atoms with Crippen LogP contribution in [0.1, 0.15) is 6.42 Å². The molecular weight excluding hydrogens is 168 g/mol. The predicted octanol–water partition coefficient (Wildman–Crippen LogP) is 1.05. The topological polar surface area (TPSA) is 34.1 Å². The van der Waals surface area contributed by atoms with E-state index < -0.39 is 30.8 Å². The molecule has 0 amide bonds. The number of hydrogen-bond donors (Lipinski definition) is 0. The molecule has 0 saturated carbocycles. The lowest BCUT2D eigenvalue weighted by atomic mass is 10.2. The molecule has 64 valence electrons. The molecule has 0 rings (SSSR count). The zero-order valence-electron chi connectivity index (χ0n) is 5.24. The van der Waals surface area contributed by atoms with Gasteiger partial charge < -0.3 is 0 Å². The van der Waals surface area contributed by atoms with Gasteiger partial charge in [-0.3, -0.25) is 9.59 Å². The Bertz CT molecular complexity index is 177. The summed E-state index contributed by atoms with van der Waals surface area (Å²) in [5.74, 6) is -6.27.